The quantitative estimate of drug-likeness (QED) is 0.0274. The summed E-state index contributed by atoms with van der Waals surface area (Å²) in [6.45, 7) is 10.2. The first-order chi connectivity index (χ1) is 47.3. The fourth-order valence-corrected chi connectivity index (χ4v) is 9.19. The molecule has 0 aliphatic heterocycles. The van der Waals surface area contributed by atoms with Crippen LogP contribution in [0.5, 0.6) is 0 Å². The standard InChI is InChI=1S/C65H123N7O26/c1-48(2)58(65(87)70-52(12-5-7-18-66)64(86)69-50-15-13-49(45-73)14-16-50)71-63(85)51(67-3)11-6-8-19-68-57(80)17-23-90-27-31-94-35-39-96-37-33-92-29-25-88-21-9-4-10-22-89-26-30-93-34-38-97-41-42-98-40-36-95-32-28-91-24-20-72(43-53(76)59(81)61(83)55(78)46-74)44-54(77)60(82)62(84)56(79)47-75/h13-16,48,51-56,58-62,67,73-79,81-84H,4-12,17-47,66H2,1-3H3,(H,68,80)(H,69,86)(H,70,87)(H,71,85)/t51-,52-,53-,54-,55+,56+,58-,59+,60+,61+,62+/m0/s1. The molecular weight excluding hydrogens is 1290 g/mol. The Morgan fingerprint density at radius 3 is 1.26 bits per heavy atom. The third kappa shape index (κ3) is 46.6. The lowest BCUT2D eigenvalue weighted by molar-refractivity contribution is -0.132. The Morgan fingerprint density at radius 2 is 0.847 bits per heavy atom. The van der Waals surface area contributed by atoms with E-state index in [0.29, 0.717) is 182 Å². The molecule has 0 saturated carbocycles. The molecule has 1 aromatic carbocycles. The molecular formula is C65H123N7O26. The van der Waals surface area contributed by atoms with E-state index in [-0.39, 0.29) is 63.7 Å². The number of benzene rings is 1. The molecule has 0 unspecified atom stereocenters. The van der Waals surface area contributed by atoms with Crippen LogP contribution < -0.4 is 32.3 Å². The van der Waals surface area contributed by atoms with Crippen LogP contribution in [-0.4, -0.2) is 350 Å². The highest BCUT2D eigenvalue weighted by atomic mass is 16.6. The second-order valence-corrected chi connectivity index (χ2v) is 23.5. The number of unbranched alkanes of at least 4 members (excludes halogenated alkanes) is 4. The van der Waals surface area contributed by atoms with Crippen molar-refractivity contribution in [2.24, 2.45) is 11.7 Å². The first-order valence-electron chi connectivity index (χ1n) is 34.3. The molecule has 574 valence electrons. The lowest BCUT2D eigenvalue weighted by Gasteiger charge is -2.33. The van der Waals surface area contributed by atoms with Crippen molar-refractivity contribution < 1.29 is 127 Å². The number of carbonyl (C=O) groups is 4. The fraction of sp³-hybridized carbons (Fsp3) is 0.846. The van der Waals surface area contributed by atoms with Gasteiger partial charge in [0.1, 0.15) is 48.7 Å². The Hall–Kier alpha value is -3.90. The molecule has 1 aromatic rings. The van der Waals surface area contributed by atoms with Gasteiger partial charge in [-0.2, -0.15) is 0 Å². The number of aliphatic hydroxyl groups excluding tert-OH is 11. The van der Waals surface area contributed by atoms with Crippen molar-refractivity contribution in [1.82, 2.24) is 26.2 Å². The van der Waals surface area contributed by atoms with Crippen LogP contribution >= 0.6 is 0 Å². The van der Waals surface area contributed by atoms with Gasteiger partial charge >= 0.3 is 0 Å². The summed E-state index contributed by atoms with van der Waals surface area (Å²) in [5.41, 5.74) is 6.90. The van der Waals surface area contributed by atoms with Gasteiger partial charge in [0.15, 0.2) is 0 Å². The average Bonchev–Trinajstić information content (AvgIpc) is 0.909. The van der Waals surface area contributed by atoms with Crippen LogP contribution in [0.2, 0.25) is 0 Å². The predicted octanol–water partition coefficient (Wildman–Crippen LogP) is -4.34. The number of carbonyl (C=O) groups excluding carboxylic acids is 4. The van der Waals surface area contributed by atoms with E-state index in [1.165, 1.54) is 4.90 Å². The lowest BCUT2D eigenvalue weighted by Crippen LogP contribution is -2.57. The molecule has 0 bridgehead atoms. The SMILES string of the molecule is CN[C@@H](CCCCNC(=O)CCOCCOCCOCCOCCOCCCCCOCCOCCOCCOCCOCCOCCN(C[C@H](O)[C@@H](O)[C@H](O)[C@H](O)CO)C[C@H](O)[C@@H](O)[C@H](O)[C@H](O)CO)C(=O)N[C@H](C(=O)N[C@@H](CCCCN)C(=O)Nc1ccc(CO)cc1)C(C)C. The Bertz CT molecular complexity index is 2040. The second-order valence-electron chi connectivity index (χ2n) is 23.5. The molecule has 0 fully saturated rings. The van der Waals surface area contributed by atoms with E-state index in [9.17, 15) is 65.1 Å². The van der Waals surface area contributed by atoms with Gasteiger partial charge in [0.2, 0.25) is 23.6 Å². The third-order valence-electron chi connectivity index (χ3n) is 15.1. The van der Waals surface area contributed by atoms with Crippen LogP contribution in [0.25, 0.3) is 0 Å². The summed E-state index contributed by atoms with van der Waals surface area (Å²) in [6.07, 6.45) is -7.97. The van der Waals surface area contributed by atoms with Crippen LogP contribution in [0.15, 0.2) is 24.3 Å². The van der Waals surface area contributed by atoms with Gasteiger partial charge in [0.25, 0.3) is 0 Å². The van der Waals surface area contributed by atoms with Crippen LogP contribution in [0.4, 0.5) is 5.69 Å². The van der Waals surface area contributed by atoms with E-state index in [1.54, 1.807) is 31.3 Å². The lowest BCUT2D eigenvalue weighted by atomic mass is 10.0. The van der Waals surface area contributed by atoms with Crippen molar-refractivity contribution in [3.8, 4) is 0 Å². The van der Waals surface area contributed by atoms with E-state index < -0.39 is 105 Å². The van der Waals surface area contributed by atoms with Gasteiger partial charge < -0.3 is 141 Å². The highest BCUT2D eigenvalue weighted by Crippen LogP contribution is 2.15. The molecule has 0 radical (unpaired) electrons. The number of ether oxygens (including phenoxy) is 11. The molecule has 0 aliphatic rings. The summed E-state index contributed by atoms with van der Waals surface area (Å²) in [5.74, 6) is -1.63. The molecule has 98 heavy (non-hydrogen) atoms. The Kier molecular flexibility index (Phi) is 58.0. The zero-order valence-corrected chi connectivity index (χ0v) is 58.1. The number of amides is 4. The van der Waals surface area contributed by atoms with Crippen molar-refractivity contribution in [3.63, 3.8) is 0 Å². The van der Waals surface area contributed by atoms with Crippen LogP contribution in [0.1, 0.15) is 83.6 Å². The van der Waals surface area contributed by atoms with Gasteiger partial charge in [-0.1, -0.05) is 26.0 Å². The predicted molar refractivity (Wildman–Crippen MR) is 358 cm³/mol. The maximum atomic E-state index is 13.6. The molecule has 0 spiro atoms. The summed E-state index contributed by atoms with van der Waals surface area (Å²) in [6, 6.07) is 4.42. The number of nitrogens with two attached hydrogens (primary N) is 1. The van der Waals surface area contributed by atoms with Crippen molar-refractivity contribution in [2.75, 3.05) is 204 Å². The smallest absolute Gasteiger partial charge is 0.246 e. The number of nitrogens with one attached hydrogen (secondary N) is 5. The molecule has 33 heteroatoms. The van der Waals surface area contributed by atoms with Gasteiger partial charge in [0.05, 0.1) is 170 Å². The maximum Gasteiger partial charge on any atom is 0.246 e. The van der Waals surface area contributed by atoms with E-state index in [2.05, 4.69) is 26.6 Å². The summed E-state index contributed by atoms with van der Waals surface area (Å²) in [7, 11) is 1.67. The van der Waals surface area contributed by atoms with Gasteiger partial charge in [-0.05, 0) is 95.0 Å². The minimum atomic E-state index is -1.89. The van der Waals surface area contributed by atoms with Gasteiger partial charge in [-0.15, -0.1) is 0 Å². The summed E-state index contributed by atoms with van der Waals surface area (Å²) < 4.78 is 61.1. The Labute approximate surface area is 577 Å². The van der Waals surface area contributed by atoms with E-state index in [1.807, 2.05) is 13.8 Å². The van der Waals surface area contributed by atoms with Crippen LogP contribution in [-0.2, 0) is 77.9 Å². The largest absolute Gasteiger partial charge is 0.394 e. The number of likely N-dealkylation sites (N-methyl/N-ethyl adjacent to an activating group) is 1. The topological polar surface area (TPSA) is 482 Å². The van der Waals surface area contributed by atoms with Gasteiger partial charge in [-0.25, -0.2) is 0 Å². The number of aliphatic hydroxyl groups is 11. The molecule has 0 aromatic heterocycles. The van der Waals surface area contributed by atoms with Crippen molar-refractivity contribution in [2.45, 2.75) is 152 Å². The molecule has 33 nitrogen and oxygen atoms in total. The van der Waals surface area contributed by atoms with E-state index in [4.69, 9.17) is 68.1 Å². The Morgan fingerprint density at radius 1 is 0.449 bits per heavy atom. The molecule has 18 N–H and O–H groups in total. The summed E-state index contributed by atoms with van der Waals surface area (Å²) in [5, 5.41) is 122. The number of hydrogen-bond acceptors (Lipinski definition) is 29. The second kappa shape index (κ2) is 61.7. The van der Waals surface area contributed by atoms with E-state index >= 15 is 0 Å². The number of rotatable bonds is 69. The minimum absolute atomic E-state index is 0.0207. The monoisotopic (exact) mass is 1420 g/mol. The zero-order chi connectivity index (χ0) is 72.4. The minimum Gasteiger partial charge on any atom is -0.394 e. The summed E-state index contributed by atoms with van der Waals surface area (Å²) >= 11 is 0. The van der Waals surface area contributed by atoms with Gasteiger partial charge in [0, 0.05) is 51.5 Å². The molecule has 1 rings (SSSR count). The van der Waals surface area contributed by atoms with Crippen molar-refractivity contribution in [3.05, 3.63) is 29.8 Å². The highest BCUT2D eigenvalue weighted by molar-refractivity contribution is 5.98. The fourth-order valence-electron chi connectivity index (χ4n) is 9.19. The molecule has 0 aliphatic carbocycles. The average molecular weight is 1420 g/mol. The molecule has 0 saturated heterocycles. The van der Waals surface area contributed by atoms with Gasteiger partial charge in [-0.3, -0.25) is 24.1 Å². The number of nitrogens with zero attached hydrogens (tertiary/aromatic N) is 1. The van der Waals surface area contributed by atoms with Crippen LogP contribution in [0, 0.1) is 5.92 Å². The molecule has 4 amide bonds. The van der Waals surface area contributed by atoms with E-state index in [0.717, 1.165) is 19.3 Å². The normalized spacial score (nSPS) is 15.3. The molecule has 0 heterocycles. The van der Waals surface area contributed by atoms with Crippen LogP contribution in [0.3, 0.4) is 0 Å². The maximum absolute atomic E-state index is 13.6. The number of hydrogen-bond donors (Lipinski definition) is 17. The van der Waals surface area contributed by atoms with Crippen molar-refractivity contribution >= 4 is 29.3 Å². The first-order valence-corrected chi connectivity index (χ1v) is 34.3. The first kappa shape index (κ1) is 92.1. The Balaban J connectivity index is 1.96. The van der Waals surface area contributed by atoms with Crippen molar-refractivity contribution in [1.29, 1.82) is 0 Å². The summed E-state index contributed by atoms with van der Waals surface area (Å²) in [4.78, 5) is 53.9. The zero-order valence-electron chi connectivity index (χ0n) is 58.1. The number of anilines is 1. The third-order valence-corrected chi connectivity index (χ3v) is 15.1. The highest BCUT2D eigenvalue weighted by Gasteiger charge is 2.35. The molecule has 11 atom stereocenters.